The number of fused-ring (bicyclic) bond motifs is 1. The van der Waals surface area contributed by atoms with Gasteiger partial charge in [0, 0.05) is 36.3 Å². The van der Waals surface area contributed by atoms with Crippen LogP contribution in [0.15, 0.2) is 85.1 Å². The van der Waals surface area contributed by atoms with Gasteiger partial charge in [0.2, 0.25) is 11.8 Å². The zero-order valence-corrected chi connectivity index (χ0v) is 18.7. The minimum absolute atomic E-state index is 0.154. The largest absolute Gasteiger partial charge is 0.497 e. The van der Waals surface area contributed by atoms with Crippen LogP contribution < -0.4 is 15.0 Å². The maximum atomic E-state index is 13.4. The van der Waals surface area contributed by atoms with E-state index in [1.54, 1.807) is 19.1 Å². The van der Waals surface area contributed by atoms with Gasteiger partial charge < -0.3 is 19.9 Å². The van der Waals surface area contributed by atoms with E-state index in [1.807, 2.05) is 85.1 Å². The average Bonchev–Trinajstić information content (AvgIpc) is 3.25. The molecule has 4 rings (SSSR count). The van der Waals surface area contributed by atoms with Crippen molar-refractivity contribution in [2.45, 2.75) is 18.9 Å². The van der Waals surface area contributed by atoms with Crippen LogP contribution in [-0.2, 0) is 22.4 Å². The number of hydrogen-bond acceptors (Lipinski definition) is 3. The Bertz CT molecular complexity index is 1240. The predicted octanol–water partition coefficient (Wildman–Crippen LogP) is 4.11. The quantitative estimate of drug-likeness (QED) is 0.432. The van der Waals surface area contributed by atoms with Gasteiger partial charge in [0.15, 0.2) is 0 Å². The Morgan fingerprint density at radius 3 is 2.39 bits per heavy atom. The molecule has 4 aromatic rings. The summed E-state index contributed by atoms with van der Waals surface area (Å²) in [5.41, 5.74) is 3.54. The summed E-state index contributed by atoms with van der Waals surface area (Å²) in [5.74, 6) is 0.346. The molecule has 1 atom stereocenters. The number of hydrogen-bond donors (Lipinski definition) is 2. The summed E-state index contributed by atoms with van der Waals surface area (Å²) in [6.45, 7) is 0. The molecular weight excluding hydrogens is 414 g/mol. The molecular formula is C27H27N3O3. The third-order valence-electron chi connectivity index (χ3n) is 5.72. The zero-order chi connectivity index (χ0) is 23.2. The summed E-state index contributed by atoms with van der Waals surface area (Å²) in [7, 11) is 3.34. The Balaban J connectivity index is 1.54. The van der Waals surface area contributed by atoms with Crippen molar-refractivity contribution in [1.29, 1.82) is 0 Å². The van der Waals surface area contributed by atoms with Gasteiger partial charge in [-0.15, -0.1) is 0 Å². The summed E-state index contributed by atoms with van der Waals surface area (Å²) in [6.07, 6.45) is 2.39. The highest BCUT2D eigenvalue weighted by Gasteiger charge is 2.25. The summed E-state index contributed by atoms with van der Waals surface area (Å²) < 4.78 is 5.32. The van der Waals surface area contributed by atoms with E-state index < -0.39 is 6.04 Å². The first-order valence-electron chi connectivity index (χ1n) is 10.8. The van der Waals surface area contributed by atoms with E-state index in [4.69, 9.17) is 4.74 Å². The van der Waals surface area contributed by atoms with E-state index in [1.165, 1.54) is 0 Å². The molecule has 0 aliphatic heterocycles. The molecule has 0 saturated carbocycles. The van der Waals surface area contributed by atoms with Gasteiger partial charge in [0.05, 0.1) is 13.5 Å². The molecule has 2 amide bonds. The Hall–Kier alpha value is -4.06. The van der Waals surface area contributed by atoms with Crippen molar-refractivity contribution in [2.75, 3.05) is 19.1 Å². The second-order valence-electron chi connectivity index (χ2n) is 7.94. The van der Waals surface area contributed by atoms with E-state index >= 15 is 0 Å². The lowest BCUT2D eigenvalue weighted by Crippen LogP contribution is -2.49. The van der Waals surface area contributed by atoms with Crippen LogP contribution in [0.1, 0.15) is 11.1 Å². The van der Waals surface area contributed by atoms with Gasteiger partial charge in [0.25, 0.3) is 0 Å². The van der Waals surface area contributed by atoms with Crippen molar-refractivity contribution in [2.24, 2.45) is 0 Å². The molecule has 0 spiro atoms. The topological polar surface area (TPSA) is 74.4 Å². The normalized spacial score (nSPS) is 11.7. The summed E-state index contributed by atoms with van der Waals surface area (Å²) in [4.78, 5) is 31.2. The van der Waals surface area contributed by atoms with Crippen LogP contribution in [0.25, 0.3) is 10.9 Å². The van der Waals surface area contributed by atoms with Crippen molar-refractivity contribution < 1.29 is 14.3 Å². The first-order valence-corrected chi connectivity index (χ1v) is 10.8. The van der Waals surface area contributed by atoms with Crippen molar-refractivity contribution >= 4 is 28.4 Å². The lowest BCUT2D eigenvalue weighted by atomic mass is 10.0. The Morgan fingerprint density at radius 2 is 1.70 bits per heavy atom. The van der Waals surface area contributed by atoms with Gasteiger partial charge in [-0.05, 0) is 41.5 Å². The molecule has 2 N–H and O–H groups in total. The predicted molar refractivity (Wildman–Crippen MR) is 130 cm³/mol. The average molecular weight is 442 g/mol. The van der Waals surface area contributed by atoms with E-state index in [2.05, 4.69) is 10.3 Å². The van der Waals surface area contributed by atoms with Gasteiger partial charge in [-0.1, -0.05) is 48.5 Å². The van der Waals surface area contributed by atoms with E-state index in [9.17, 15) is 9.59 Å². The molecule has 6 nitrogen and oxygen atoms in total. The highest BCUT2D eigenvalue weighted by atomic mass is 16.5. The number of aromatic nitrogens is 1. The van der Waals surface area contributed by atoms with Crippen LogP contribution in [0.5, 0.6) is 5.75 Å². The van der Waals surface area contributed by atoms with Gasteiger partial charge in [-0.2, -0.15) is 0 Å². The molecule has 0 bridgehead atoms. The molecule has 33 heavy (non-hydrogen) atoms. The van der Waals surface area contributed by atoms with Crippen LogP contribution in [0.3, 0.4) is 0 Å². The fourth-order valence-electron chi connectivity index (χ4n) is 3.91. The maximum absolute atomic E-state index is 13.4. The van der Waals surface area contributed by atoms with Gasteiger partial charge in [-0.25, -0.2) is 0 Å². The standard InChI is InChI=1S/C27H27N3O3/c1-30(21-11-7-4-8-12-21)27(32)25(15-19-9-5-3-6-10-19)29-26(31)16-20-18-28-24-14-13-22(33-2)17-23(20)24/h3-14,17-18,25,28H,15-16H2,1-2H3,(H,29,31)/t25-/m0/s1. The smallest absolute Gasteiger partial charge is 0.249 e. The number of anilines is 1. The first kappa shape index (κ1) is 22.1. The van der Waals surface area contributed by atoms with Gasteiger partial charge >= 0.3 is 0 Å². The van der Waals surface area contributed by atoms with Crippen molar-refractivity contribution in [3.05, 3.63) is 96.2 Å². The molecule has 0 unspecified atom stereocenters. The molecule has 0 radical (unpaired) electrons. The van der Waals surface area contributed by atoms with Crippen molar-refractivity contribution in [3.63, 3.8) is 0 Å². The number of likely N-dealkylation sites (N-methyl/N-ethyl adjacent to an activating group) is 1. The molecule has 1 aromatic heterocycles. The molecule has 1 heterocycles. The number of amides is 2. The fourth-order valence-corrected chi connectivity index (χ4v) is 3.91. The SMILES string of the molecule is COc1ccc2[nH]cc(CC(=O)N[C@@H](Cc3ccccc3)C(=O)N(C)c3ccccc3)c2c1. The summed E-state index contributed by atoms with van der Waals surface area (Å²) >= 11 is 0. The number of nitrogens with zero attached hydrogens (tertiary/aromatic N) is 1. The van der Waals surface area contributed by atoms with Crippen molar-refractivity contribution in [1.82, 2.24) is 10.3 Å². The molecule has 6 heteroatoms. The molecule has 0 saturated heterocycles. The molecule has 0 aliphatic rings. The number of methoxy groups -OCH3 is 1. The number of benzene rings is 3. The number of aromatic amines is 1. The number of nitrogens with one attached hydrogen (secondary N) is 2. The van der Waals surface area contributed by atoms with Crippen LogP contribution in [0.4, 0.5) is 5.69 Å². The molecule has 0 fully saturated rings. The number of rotatable bonds is 8. The Kier molecular flexibility index (Phi) is 6.74. The van der Waals surface area contributed by atoms with Crippen LogP contribution in [-0.4, -0.2) is 37.0 Å². The number of para-hydroxylation sites is 1. The zero-order valence-electron chi connectivity index (χ0n) is 18.7. The number of carbonyl (C=O) groups excluding carboxylic acids is 2. The third kappa shape index (κ3) is 5.23. The van der Waals surface area contributed by atoms with Crippen LogP contribution >= 0.6 is 0 Å². The monoisotopic (exact) mass is 441 g/mol. The van der Waals surface area contributed by atoms with Gasteiger partial charge in [0.1, 0.15) is 11.8 Å². The number of carbonyl (C=O) groups is 2. The van der Waals surface area contributed by atoms with Crippen LogP contribution in [0, 0.1) is 0 Å². The van der Waals surface area contributed by atoms with Crippen LogP contribution in [0.2, 0.25) is 0 Å². The fraction of sp³-hybridized carbons (Fsp3) is 0.185. The van der Waals surface area contributed by atoms with Crippen molar-refractivity contribution in [3.8, 4) is 5.75 Å². The van der Waals surface area contributed by atoms with E-state index in [0.29, 0.717) is 6.42 Å². The number of ether oxygens (including phenoxy) is 1. The minimum Gasteiger partial charge on any atom is -0.497 e. The second kappa shape index (κ2) is 10.0. The Morgan fingerprint density at radius 1 is 1.00 bits per heavy atom. The van der Waals surface area contributed by atoms with Gasteiger partial charge in [-0.3, -0.25) is 9.59 Å². The summed E-state index contributed by atoms with van der Waals surface area (Å²) in [6, 6.07) is 24.1. The molecule has 0 aliphatic carbocycles. The maximum Gasteiger partial charge on any atom is 0.249 e. The third-order valence-corrected chi connectivity index (χ3v) is 5.72. The highest BCUT2D eigenvalue weighted by molar-refractivity contribution is 5.99. The molecule has 3 aromatic carbocycles. The minimum atomic E-state index is -0.690. The van der Waals surface area contributed by atoms with E-state index in [0.717, 1.165) is 33.5 Å². The molecule has 168 valence electrons. The highest BCUT2D eigenvalue weighted by Crippen LogP contribution is 2.24. The first-order chi connectivity index (χ1) is 16.0. The van der Waals surface area contributed by atoms with E-state index in [-0.39, 0.29) is 18.2 Å². The summed E-state index contributed by atoms with van der Waals surface area (Å²) in [5, 5.41) is 3.90. The second-order valence-corrected chi connectivity index (χ2v) is 7.94. The Labute approximate surface area is 193 Å². The number of H-pyrrole nitrogens is 1. The lowest BCUT2D eigenvalue weighted by Gasteiger charge is -2.25. The lowest BCUT2D eigenvalue weighted by molar-refractivity contribution is -0.127.